The van der Waals surface area contributed by atoms with Gasteiger partial charge in [-0.25, -0.2) is 5.48 Å². The number of nitrogens with zero attached hydrogens (tertiary/aromatic N) is 2. The van der Waals surface area contributed by atoms with Gasteiger partial charge >= 0.3 is 0 Å². The molecule has 2 rings (SSSR count). The number of nitrogens with one attached hydrogen (secondary N) is 1. The monoisotopic (exact) mass is 259 g/mol. The number of benzene rings is 1. The van der Waals surface area contributed by atoms with Gasteiger partial charge in [-0.3, -0.25) is 14.3 Å². The minimum Gasteiger partial charge on any atom is -0.277 e. The highest BCUT2D eigenvalue weighted by Crippen LogP contribution is 2.22. The van der Waals surface area contributed by atoms with Gasteiger partial charge < -0.3 is 0 Å². The van der Waals surface area contributed by atoms with Crippen LogP contribution in [0.3, 0.4) is 0 Å². The van der Waals surface area contributed by atoms with Gasteiger partial charge in [-0.15, -0.1) is 0 Å². The standard InChI is InChI=1S/C14H17N3O2/c1-9-5-6-11(7-10(9)2)13-8-12(15-17(13)3)14(18)16-19-4/h5-8H,1-4H3,(H,16,18). The molecule has 0 unspecified atom stereocenters. The van der Waals surface area contributed by atoms with Gasteiger partial charge in [0.2, 0.25) is 0 Å². The smallest absolute Gasteiger partial charge is 0.277 e. The van der Waals surface area contributed by atoms with Crippen LogP contribution in [0.4, 0.5) is 0 Å². The van der Waals surface area contributed by atoms with Crippen LogP contribution in [-0.2, 0) is 11.9 Å². The Labute approximate surface area is 112 Å². The molecule has 0 saturated carbocycles. The van der Waals surface area contributed by atoms with Crippen molar-refractivity contribution in [3.63, 3.8) is 0 Å². The van der Waals surface area contributed by atoms with Gasteiger partial charge in [-0.2, -0.15) is 5.10 Å². The third-order valence-corrected chi connectivity index (χ3v) is 3.11. The van der Waals surface area contributed by atoms with Gasteiger partial charge in [0.15, 0.2) is 5.69 Å². The van der Waals surface area contributed by atoms with Crippen LogP contribution >= 0.6 is 0 Å². The zero-order valence-electron chi connectivity index (χ0n) is 11.5. The third kappa shape index (κ3) is 2.66. The van der Waals surface area contributed by atoms with Crippen molar-refractivity contribution >= 4 is 5.91 Å². The molecule has 0 radical (unpaired) electrons. The topological polar surface area (TPSA) is 56.1 Å². The van der Waals surface area contributed by atoms with Crippen LogP contribution in [-0.4, -0.2) is 22.8 Å². The van der Waals surface area contributed by atoms with Gasteiger partial charge in [-0.05, 0) is 37.1 Å². The van der Waals surface area contributed by atoms with Gasteiger partial charge in [-0.1, -0.05) is 12.1 Å². The molecule has 0 fully saturated rings. The van der Waals surface area contributed by atoms with Gasteiger partial charge in [0, 0.05) is 12.6 Å². The summed E-state index contributed by atoms with van der Waals surface area (Å²) < 4.78 is 1.69. The maximum atomic E-state index is 11.7. The molecular weight excluding hydrogens is 242 g/mol. The van der Waals surface area contributed by atoms with Crippen molar-refractivity contribution < 1.29 is 9.63 Å². The van der Waals surface area contributed by atoms with Gasteiger partial charge in [0.05, 0.1) is 12.8 Å². The molecule has 1 aromatic carbocycles. The minimum atomic E-state index is -0.354. The van der Waals surface area contributed by atoms with E-state index >= 15 is 0 Å². The van der Waals surface area contributed by atoms with Crippen LogP contribution in [0.2, 0.25) is 0 Å². The first-order valence-electron chi connectivity index (χ1n) is 5.98. The predicted octanol–water partition coefficient (Wildman–Crippen LogP) is 2.00. The first-order chi connectivity index (χ1) is 9.02. The quantitative estimate of drug-likeness (QED) is 0.858. The SMILES string of the molecule is CONC(=O)c1cc(-c2ccc(C)c(C)c2)n(C)n1. The minimum absolute atomic E-state index is 0.331. The number of aryl methyl sites for hydroxylation is 3. The predicted molar refractivity (Wildman–Crippen MR) is 72.6 cm³/mol. The molecule has 5 nitrogen and oxygen atoms in total. The summed E-state index contributed by atoms with van der Waals surface area (Å²) in [7, 11) is 3.21. The van der Waals surface area contributed by atoms with Crippen LogP contribution in [0.15, 0.2) is 24.3 Å². The number of hydrogen-bond acceptors (Lipinski definition) is 3. The normalized spacial score (nSPS) is 10.5. The Kier molecular flexibility index (Phi) is 3.66. The Hall–Kier alpha value is -2.14. The molecule has 1 heterocycles. The second-order valence-electron chi connectivity index (χ2n) is 4.47. The third-order valence-electron chi connectivity index (χ3n) is 3.11. The van der Waals surface area contributed by atoms with E-state index in [1.54, 1.807) is 10.7 Å². The van der Waals surface area contributed by atoms with E-state index in [1.165, 1.54) is 18.2 Å². The second kappa shape index (κ2) is 5.24. The number of carbonyl (C=O) groups is 1. The zero-order chi connectivity index (χ0) is 14.0. The molecule has 1 aromatic heterocycles. The Bertz CT molecular complexity index is 617. The molecule has 2 aromatic rings. The van der Waals surface area contributed by atoms with Gasteiger partial charge in [0.25, 0.3) is 5.91 Å². The van der Waals surface area contributed by atoms with Crippen molar-refractivity contribution in [3.05, 3.63) is 41.1 Å². The van der Waals surface area contributed by atoms with E-state index in [1.807, 2.05) is 13.1 Å². The van der Waals surface area contributed by atoms with E-state index in [-0.39, 0.29) is 5.91 Å². The Morgan fingerprint density at radius 3 is 2.63 bits per heavy atom. The van der Waals surface area contributed by atoms with E-state index in [0.717, 1.165) is 11.3 Å². The summed E-state index contributed by atoms with van der Waals surface area (Å²) in [6.07, 6.45) is 0. The molecule has 0 aliphatic heterocycles. The number of aromatic nitrogens is 2. The zero-order valence-corrected chi connectivity index (χ0v) is 11.5. The van der Waals surface area contributed by atoms with E-state index < -0.39 is 0 Å². The summed E-state index contributed by atoms with van der Waals surface area (Å²) >= 11 is 0. The lowest BCUT2D eigenvalue weighted by molar-refractivity contribution is 0.0531. The molecule has 100 valence electrons. The Morgan fingerprint density at radius 2 is 2.00 bits per heavy atom. The summed E-state index contributed by atoms with van der Waals surface area (Å²) in [6, 6.07) is 7.92. The fourth-order valence-electron chi connectivity index (χ4n) is 1.89. The first-order valence-corrected chi connectivity index (χ1v) is 5.98. The summed E-state index contributed by atoms with van der Waals surface area (Å²) in [5, 5.41) is 4.18. The molecule has 0 atom stereocenters. The highest BCUT2D eigenvalue weighted by molar-refractivity contribution is 5.92. The molecule has 1 amide bonds. The maximum Gasteiger partial charge on any atom is 0.295 e. The van der Waals surface area contributed by atoms with Crippen LogP contribution in [0.25, 0.3) is 11.3 Å². The van der Waals surface area contributed by atoms with Crippen LogP contribution in [0.1, 0.15) is 21.6 Å². The average Bonchev–Trinajstić information content (AvgIpc) is 2.75. The summed E-state index contributed by atoms with van der Waals surface area (Å²) in [6.45, 7) is 4.13. The average molecular weight is 259 g/mol. The molecule has 1 N–H and O–H groups in total. The largest absolute Gasteiger partial charge is 0.295 e. The molecule has 0 saturated heterocycles. The van der Waals surface area contributed by atoms with Crippen LogP contribution in [0.5, 0.6) is 0 Å². The molecule has 0 bridgehead atoms. The number of hydroxylamine groups is 1. The van der Waals surface area contributed by atoms with Crippen molar-refractivity contribution in [2.24, 2.45) is 7.05 Å². The van der Waals surface area contributed by atoms with Crippen molar-refractivity contribution in [1.82, 2.24) is 15.3 Å². The van der Waals surface area contributed by atoms with Crippen molar-refractivity contribution in [1.29, 1.82) is 0 Å². The van der Waals surface area contributed by atoms with Crippen molar-refractivity contribution in [2.75, 3.05) is 7.11 Å². The number of hydrogen-bond donors (Lipinski definition) is 1. The highest BCUT2D eigenvalue weighted by atomic mass is 16.6. The lowest BCUT2D eigenvalue weighted by Crippen LogP contribution is -2.22. The first kappa shape index (κ1) is 13.3. The molecule has 0 aliphatic rings. The lowest BCUT2D eigenvalue weighted by atomic mass is 10.0. The van der Waals surface area contributed by atoms with E-state index in [9.17, 15) is 4.79 Å². The molecule has 5 heteroatoms. The molecular formula is C14H17N3O2. The Morgan fingerprint density at radius 1 is 1.26 bits per heavy atom. The fraction of sp³-hybridized carbons (Fsp3) is 0.286. The molecule has 19 heavy (non-hydrogen) atoms. The van der Waals surface area contributed by atoms with E-state index in [4.69, 9.17) is 0 Å². The maximum absolute atomic E-state index is 11.7. The Balaban J connectivity index is 2.40. The second-order valence-corrected chi connectivity index (χ2v) is 4.47. The summed E-state index contributed by atoms with van der Waals surface area (Å²) in [4.78, 5) is 16.2. The molecule has 0 aliphatic carbocycles. The lowest BCUT2D eigenvalue weighted by Gasteiger charge is -2.05. The summed E-state index contributed by atoms with van der Waals surface area (Å²) in [5.41, 5.74) is 6.97. The highest BCUT2D eigenvalue weighted by Gasteiger charge is 2.13. The van der Waals surface area contributed by atoms with E-state index in [2.05, 4.69) is 41.4 Å². The van der Waals surface area contributed by atoms with Crippen molar-refractivity contribution in [2.45, 2.75) is 13.8 Å². The van der Waals surface area contributed by atoms with Crippen LogP contribution < -0.4 is 5.48 Å². The summed E-state index contributed by atoms with van der Waals surface area (Å²) in [5.74, 6) is -0.354. The molecule has 0 spiro atoms. The number of amides is 1. The van der Waals surface area contributed by atoms with Gasteiger partial charge in [0.1, 0.15) is 0 Å². The number of rotatable bonds is 3. The van der Waals surface area contributed by atoms with Crippen LogP contribution in [0, 0.1) is 13.8 Å². The number of carbonyl (C=O) groups excluding carboxylic acids is 1. The van der Waals surface area contributed by atoms with E-state index in [0.29, 0.717) is 5.69 Å². The van der Waals surface area contributed by atoms with Crippen molar-refractivity contribution in [3.8, 4) is 11.3 Å². The fourth-order valence-corrected chi connectivity index (χ4v) is 1.89.